The van der Waals surface area contributed by atoms with Crippen LogP contribution in [-0.2, 0) is 16.0 Å². The molecule has 3 N–H and O–H groups in total. The number of carbonyl (C=O) groups excluding carboxylic acids is 1. The fourth-order valence-corrected chi connectivity index (χ4v) is 1.94. The molecule has 1 fully saturated rings. The maximum Gasteiger partial charge on any atom is 0.319 e. The summed E-state index contributed by atoms with van der Waals surface area (Å²) >= 11 is 0. The number of carboxylic acid groups (broad SMARTS) is 1. The molecule has 18 heavy (non-hydrogen) atoms. The Hall–Kier alpha value is -1.85. The van der Waals surface area contributed by atoms with E-state index in [1.54, 1.807) is 6.20 Å². The van der Waals surface area contributed by atoms with E-state index in [0.29, 0.717) is 19.4 Å². The lowest BCUT2D eigenvalue weighted by Gasteiger charge is -2.10. The van der Waals surface area contributed by atoms with Crippen molar-refractivity contribution in [2.45, 2.75) is 32.6 Å². The molecule has 1 heterocycles. The molecule has 6 heteroatoms. The number of carbonyl (C=O) groups is 2. The Balaban J connectivity index is 1.72. The molecule has 0 saturated heterocycles. The molecule has 98 valence electrons. The number of aryl methyl sites for hydroxylation is 2. The number of hydrogen-bond acceptors (Lipinski definition) is 3. The highest BCUT2D eigenvalue weighted by molar-refractivity contribution is 6.04. The van der Waals surface area contributed by atoms with Crippen LogP contribution in [0.25, 0.3) is 0 Å². The van der Waals surface area contributed by atoms with Gasteiger partial charge in [-0.25, -0.2) is 0 Å². The summed E-state index contributed by atoms with van der Waals surface area (Å²) in [5.74, 6) is -1.36. The Morgan fingerprint density at radius 3 is 2.78 bits per heavy atom. The Bertz CT molecular complexity index is 463. The van der Waals surface area contributed by atoms with Crippen molar-refractivity contribution in [3.63, 3.8) is 0 Å². The Morgan fingerprint density at radius 2 is 2.28 bits per heavy atom. The first-order valence-electron chi connectivity index (χ1n) is 6.07. The summed E-state index contributed by atoms with van der Waals surface area (Å²) in [6.07, 6.45) is 4.28. The number of aromatic amines is 1. The quantitative estimate of drug-likeness (QED) is 0.510. The Labute approximate surface area is 105 Å². The van der Waals surface area contributed by atoms with Crippen molar-refractivity contribution in [3.05, 3.63) is 17.5 Å². The van der Waals surface area contributed by atoms with Crippen LogP contribution in [0.1, 0.15) is 30.5 Å². The van der Waals surface area contributed by atoms with Crippen molar-refractivity contribution in [1.82, 2.24) is 15.5 Å². The summed E-state index contributed by atoms with van der Waals surface area (Å²) in [6, 6.07) is 0. The minimum Gasteiger partial charge on any atom is -0.480 e. The minimum atomic E-state index is -1.13. The SMILES string of the molecule is Cc1[nH]ncc1CCCNC(=O)C1(C(=O)O)CC1. The number of rotatable bonds is 6. The maximum absolute atomic E-state index is 11.7. The van der Waals surface area contributed by atoms with Gasteiger partial charge in [-0.3, -0.25) is 14.7 Å². The van der Waals surface area contributed by atoms with Crippen LogP contribution in [-0.4, -0.2) is 33.7 Å². The monoisotopic (exact) mass is 251 g/mol. The molecular formula is C12H17N3O3. The van der Waals surface area contributed by atoms with Gasteiger partial charge in [0.15, 0.2) is 0 Å². The van der Waals surface area contributed by atoms with Crippen LogP contribution in [0.4, 0.5) is 0 Å². The van der Waals surface area contributed by atoms with E-state index in [-0.39, 0.29) is 5.91 Å². The van der Waals surface area contributed by atoms with Crippen LogP contribution in [0.3, 0.4) is 0 Å². The largest absolute Gasteiger partial charge is 0.480 e. The van der Waals surface area contributed by atoms with E-state index in [9.17, 15) is 9.59 Å². The van der Waals surface area contributed by atoms with Crippen LogP contribution in [0, 0.1) is 12.3 Å². The molecule has 2 rings (SSSR count). The van der Waals surface area contributed by atoms with E-state index in [4.69, 9.17) is 5.11 Å². The molecule has 0 atom stereocenters. The molecule has 0 bridgehead atoms. The van der Waals surface area contributed by atoms with E-state index >= 15 is 0 Å². The van der Waals surface area contributed by atoms with Crippen LogP contribution >= 0.6 is 0 Å². The van der Waals surface area contributed by atoms with E-state index in [0.717, 1.165) is 24.1 Å². The summed E-state index contributed by atoms with van der Waals surface area (Å²) in [6.45, 7) is 2.45. The van der Waals surface area contributed by atoms with Gasteiger partial charge < -0.3 is 10.4 Å². The van der Waals surface area contributed by atoms with Crippen molar-refractivity contribution < 1.29 is 14.7 Å². The van der Waals surface area contributed by atoms with Crippen molar-refractivity contribution in [3.8, 4) is 0 Å². The molecular weight excluding hydrogens is 234 g/mol. The van der Waals surface area contributed by atoms with Gasteiger partial charge in [0.2, 0.25) is 5.91 Å². The van der Waals surface area contributed by atoms with E-state index in [1.165, 1.54) is 0 Å². The van der Waals surface area contributed by atoms with Gasteiger partial charge in [-0.05, 0) is 38.2 Å². The third kappa shape index (κ3) is 2.37. The summed E-state index contributed by atoms with van der Waals surface area (Å²) in [4.78, 5) is 22.6. The van der Waals surface area contributed by atoms with Gasteiger partial charge in [-0.15, -0.1) is 0 Å². The predicted molar refractivity (Wildman–Crippen MR) is 64.0 cm³/mol. The molecule has 0 aliphatic heterocycles. The fourth-order valence-electron chi connectivity index (χ4n) is 1.94. The van der Waals surface area contributed by atoms with Crippen molar-refractivity contribution in [2.75, 3.05) is 6.54 Å². The zero-order valence-corrected chi connectivity index (χ0v) is 10.3. The first kappa shape index (κ1) is 12.6. The molecule has 1 aliphatic rings. The highest BCUT2D eigenvalue weighted by Crippen LogP contribution is 2.45. The van der Waals surface area contributed by atoms with Crippen molar-refractivity contribution >= 4 is 11.9 Å². The van der Waals surface area contributed by atoms with E-state index in [2.05, 4.69) is 15.5 Å². The predicted octanol–water partition coefficient (Wildman–Crippen LogP) is 0.632. The molecule has 1 saturated carbocycles. The second-order valence-corrected chi connectivity index (χ2v) is 4.77. The van der Waals surface area contributed by atoms with E-state index in [1.807, 2.05) is 6.92 Å². The zero-order chi connectivity index (χ0) is 13.2. The van der Waals surface area contributed by atoms with Gasteiger partial charge in [-0.2, -0.15) is 5.10 Å². The van der Waals surface area contributed by atoms with Gasteiger partial charge in [0.25, 0.3) is 0 Å². The summed E-state index contributed by atoms with van der Waals surface area (Å²) in [5.41, 5.74) is 1.03. The summed E-state index contributed by atoms with van der Waals surface area (Å²) < 4.78 is 0. The van der Waals surface area contributed by atoms with Crippen molar-refractivity contribution in [2.24, 2.45) is 5.41 Å². The summed E-state index contributed by atoms with van der Waals surface area (Å²) in [7, 11) is 0. The molecule has 6 nitrogen and oxygen atoms in total. The Morgan fingerprint density at radius 1 is 1.56 bits per heavy atom. The molecule has 0 aromatic carbocycles. The van der Waals surface area contributed by atoms with Crippen LogP contribution in [0.15, 0.2) is 6.20 Å². The fraction of sp³-hybridized carbons (Fsp3) is 0.583. The highest BCUT2D eigenvalue weighted by Gasteiger charge is 2.56. The number of nitrogens with one attached hydrogen (secondary N) is 2. The number of aliphatic carboxylic acids is 1. The number of carboxylic acids is 1. The molecule has 1 aliphatic carbocycles. The topological polar surface area (TPSA) is 95.1 Å². The minimum absolute atomic E-state index is 0.348. The first-order chi connectivity index (χ1) is 8.56. The molecule has 0 spiro atoms. The van der Waals surface area contributed by atoms with Crippen LogP contribution < -0.4 is 5.32 Å². The first-order valence-corrected chi connectivity index (χ1v) is 6.07. The number of H-pyrrole nitrogens is 1. The van der Waals surface area contributed by atoms with Crippen LogP contribution in [0.2, 0.25) is 0 Å². The standard InChI is InChI=1S/C12H17N3O3/c1-8-9(7-14-15-8)3-2-6-13-10(16)12(4-5-12)11(17)18/h7H,2-6H2,1H3,(H,13,16)(H,14,15)(H,17,18). The van der Waals surface area contributed by atoms with Gasteiger partial charge in [-0.1, -0.05) is 0 Å². The number of aromatic nitrogens is 2. The molecule has 1 amide bonds. The lowest BCUT2D eigenvalue weighted by atomic mass is 10.1. The van der Waals surface area contributed by atoms with Gasteiger partial charge in [0.05, 0.1) is 6.20 Å². The number of amides is 1. The number of hydrogen-bond donors (Lipinski definition) is 3. The molecule has 0 unspecified atom stereocenters. The average Bonchev–Trinajstić information content (AvgIpc) is 3.05. The maximum atomic E-state index is 11.7. The van der Waals surface area contributed by atoms with Gasteiger partial charge >= 0.3 is 5.97 Å². The van der Waals surface area contributed by atoms with Gasteiger partial charge in [0, 0.05) is 12.2 Å². The molecule has 1 aromatic rings. The third-order valence-corrected chi connectivity index (χ3v) is 3.44. The smallest absolute Gasteiger partial charge is 0.319 e. The zero-order valence-electron chi connectivity index (χ0n) is 10.3. The lowest BCUT2D eigenvalue weighted by Crippen LogP contribution is -2.37. The average molecular weight is 251 g/mol. The lowest BCUT2D eigenvalue weighted by molar-refractivity contribution is -0.149. The highest BCUT2D eigenvalue weighted by atomic mass is 16.4. The van der Waals surface area contributed by atoms with Crippen molar-refractivity contribution in [1.29, 1.82) is 0 Å². The normalized spacial score (nSPS) is 16.3. The molecule has 1 aromatic heterocycles. The third-order valence-electron chi connectivity index (χ3n) is 3.44. The number of nitrogens with zero attached hydrogens (tertiary/aromatic N) is 1. The van der Waals surface area contributed by atoms with E-state index < -0.39 is 11.4 Å². The Kier molecular flexibility index (Phi) is 3.36. The summed E-state index contributed by atoms with van der Waals surface area (Å²) in [5, 5.41) is 18.4. The second kappa shape index (κ2) is 4.80. The van der Waals surface area contributed by atoms with Gasteiger partial charge in [0.1, 0.15) is 5.41 Å². The second-order valence-electron chi connectivity index (χ2n) is 4.77. The molecule has 0 radical (unpaired) electrons. The van der Waals surface area contributed by atoms with Crippen LogP contribution in [0.5, 0.6) is 0 Å².